The molecule has 8 heteroatoms. The van der Waals surface area contributed by atoms with Crippen LogP contribution in [0.2, 0.25) is 0 Å². The van der Waals surface area contributed by atoms with Crippen LogP contribution in [0.25, 0.3) is 0 Å². The van der Waals surface area contributed by atoms with E-state index in [1.54, 1.807) is 17.5 Å². The molecule has 1 saturated heterocycles. The average Bonchev–Trinajstić information content (AvgIpc) is 3.13. The van der Waals surface area contributed by atoms with Crippen LogP contribution in [-0.2, 0) is 19.5 Å². The number of hydrogen-bond donors (Lipinski definition) is 2. The van der Waals surface area contributed by atoms with Crippen molar-refractivity contribution in [3.05, 3.63) is 17.5 Å². The van der Waals surface area contributed by atoms with E-state index < -0.39 is 22.2 Å². The van der Waals surface area contributed by atoms with Gasteiger partial charge in [-0.1, -0.05) is 26.3 Å². The summed E-state index contributed by atoms with van der Waals surface area (Å²) in [5.74, 6) is 0.0166. The molecule has 1 unspecified atom stereocenters. The molecular weight excluding hydrogens is 350 g/mol. The topological polar surface area (TPSA) is 84.9 Å². The summed E-state index contributed by atoms with van der Waals surface area (Å²) in [6.07, 6.45) is 1.53. The zero-order chi connectivity index (χ0) is 17.6. The minimum Gasteiger partial charge on any atom is -0.391 e. The molecule has 2 N–H and O–H groups in total. The van der Waals surface area contributed by atoms with Gasteiger partial charge in [-0.05, 0) is 30.2 Å². The third kappa shape index (κ3) is 5.50. The summed E-state index contributed by atoms with van der Waals surface area (Å²) in [6.45, 7) is 5.26. The van der Waals surface area contributed by atoms with E-state index in [9.17, 15) is 13.5 Å². The highest BCUT2D eigenvalue weighted by Crippen LogP contribution is 2.22. The summed E-state index contributed by atoms with van der Waals surface area (Å²) in [4.78, 5) is 0. The highest BCUT2D eigenvalue weighted by molar-refractivity contribution is 7.91. The quantitative estimate of drug-likeness (QED) is 0.690. The second-order valence-corrected chi connectivity index (χ2v) is 9.02. The van der Waals surface area contributed by atoms with Gasteiger partial charge in [0.05, 0.1) is 25.4 Å². The molecule has 24 heavy (non-hydrogen) atoms. The van der Waals surface area contributed by atoms with Gasteiger partial charge in [0.1, 0.15) is 4.21 Å². The normalized spacial score (nSPS) is 20.6. The Morgan fingerprint density at radius 3 is 2.71 bits per heavy atom. The molecule has 0 amide bonds. The smallest absolute Gasteiger partial charge is 0.250 e. The van der Waals surface area contributed by atoms with Gasteiger partial charge in [0.25, 0.3) is 0 Å². The van der Waals surface area contributed by atoms with Gasteiger partial charge >= 0.3 is 0 Å². The lowest BCUT2D eigenvalue weighted by Gasteiger charge is -2.30. The van der Waals surface area contributed by atoms with Crippen molar-refractivity contribution in [3.8, 4) is 0 Å². The van der Waals surface area contributed by atoms with Gasteiger partial charge in [0, 0.05) is 6.42 Å². The summed E-state index contributed by atoms with van der Waals surface area (Å²) in [5, 5.41) is 12.3. The van der Waals surface area contributed by atoms with Crippen molar-refractivity contribution in [2.45, 2.75) is 62.2 Å². The van der Waals surface area contributed by atoms with Crippen molar-refractivity contribution in [2.24, 2.45) is 5.92 Å². The van der Waals surface area contributed by atoms with E-state index in [1.165, 1.54) is 11.3 Å². The lowest BCUT2D eigenvalue weighted by Crippen LogP contribution is -2.47. The first-order chi connectivity index (χ1) is 11.4. The standard InChI is InChI=1S/C16H27NO5S2/c1-3-12(2)16(17-24(19,20)15-6-4-11-23-15)13(18)7-8-14-21-9-5-10-22-14/h4,6,11-14,16-18H,3,5,7-10H2,1-2H3/t12-,13-,16?/m0/s1. The molecule has 6 nitrogen and oxygen atoms in total. The molecule has 1 aliphatic heterocycles. The summed E-state index contributed by atoms with van der Waals surface area (Å²) in [6, 6.07) is 2.73. The number of aliphatic hydroxyl groups excluding tert-OH is 1. The van der Waals surface area contributed by atoms with Gasteiger partial charge in [-0.2, -0.15) is 0 Å². The van der Waals surface area contributed by atoms with Crippen molar-refractivity contribution >= 4 is 21.4 Å². The zero-order valence-electron chi connectivity index (χ0n) is 14.2. The summed E-state index contributed by atoms with van der Waals surface area (Å²) in [7, 11) is -3.61. The average molecular weight is 378 g/mol. The number of sulfonamides is 1. The number of ether oxygens (including phenoxy) is 2. The first-order valence-corrected chi connectivity index (χ1v) is 10.8. The van der Waals surface area contributed by atoms with Crippen LogP contribution in [0.1, 0.15) is 39.5 Å². The minimum atomic E-state index is -3.61. The minimum absolute atomic E-state index is 0.0166. The summed E-state index contributed by atoms with van der Waals surface area (Å²) < 4.78 is 38.9. The van der Waals surface area contributed by atoms with Crippen molar-refractivity contribution in [1.82, 2.24) is 4.72 Å². The van der Waals surface area contributed by atoms with Crippen molar-refractivity contribution in [1.29, 1.82) is 0 Å². The first-order valence-electron chi connectivity index (χ1n) is 8.41. The molecule has 2 rings (SSSR count). The van der Waals surface area contributed by atoms with Gasteiger partial charge in [0.2, 0.25) is 10.0 Å². The van der Waals surface area contributed by atoms with Crippen molar-refractivity contribution in [3.63, 3.8) is 0 Å². The maximum Gasteiger partial charge on any atom is 0.250 e. The molecule has 0 aliphatic carbocycles. The van der Waals surface area contributed by atoms with E-state index in [-0.39, 0.29) is 16.4 Å². The van der Waals surface area contributed by atoms with Crippen LogP contribution in [0.4, 0.5) is 0 Å². The Kier molecular flexibility index (Phi) is 7.64. The van der Waals surface area contributed by atoms with Crippen molar-refractivity contribution in [2.75, 3.05) is 13.2 Å². The fraction of sp³-hybridized carbons (Fsp3) is 0.750. The highest BCUT2D eigenvalue weighted by Gasteiger charge is 2.30. The Morgan fingerprint density at radius 2 is 2.12 bits per heavy atom. The number of thiophene rings is 1. The number of aliphatic hydroxyl groups is 1. The Labute approximate surface area is 148 Å². The molecule has 0 spiro atoms. The van der Waals surface area contributed by atoms with Crippen LogP contribution in [0.3, 0.4) is 0 Å². The summed E-state index contributed by atoms with van der Waals surface area (Å²) >= 11 is 1.17. The SMILES string of the molecule is CC[C@H](C)C(NS(=O)(=O)c1cccs1)[C@@H](O)CCC1OCCCO1. The molecule has 1 aromatic heterocycles. The second-order valence-electron chi connectivity index (χ2n) is 6.13. The number of hydrogen-bond acceptors (Lipinski definition) is 6. The molecule has 0 radical (unpaired) electrons. The van der Waals surface area contributed by atoms with Gasteiger partial charge in [-0.15, -0.1) is 11.3 Å². The van der Waals surface area contributed by atoms with Gasteiger partial charge in [-0.3, -0.25) is 0 Å². The summed E-state index contributed by atoms with van der Waals surface area (Å²) in [5.41, 5.74) is 0. The molecule has 138 valence electrons. The number of rotatable bonds is 9. The van der Waals surface area contributed by atoms with Crippen LogP contribution in [-0.4, -0.2) is 45.2 Å². The van der Waals surface area contributed by atoms with E-state index in [1.807, 2.05) is 13.8 Å². The third-order valence-electron chi connectivity index (χ3n) is 4.32. The predicted octanol–water partition coefficient (Wildman–Crippen LogP) is 2.35. The van der Waals surface area contributed by atoms with Crippen LogP contribution in [0.15, 0.2) is 21.7 Å². The van der Waals surface area contributed by atoms with E-state index in [0.29, 0.717) is 26.1 Å². The monoisotopic (exact) mass is 377 g/mol. The molecule has 0 saturated carbocycles. The molecule has 0 aromatic carbocycles. The zero-order valence-corrected chi connectivity index (χ0v) is 15.8. The highest BCUT2D eigenvalue weighted by atomic mass is 32.2. The van der Waals surface area contributed by atoms with E-state index in [0.717, 1.165) is 12.8 Å². The van der Waals surface area contributed by atoms with Crippen molar-refractivity contribution < 1.29 is 23.0 Å². The fourth-order valence-corrected chi connectivity index (χ4v) is 5.06. The van der Waals surface area contributed by atoms with Gasteiger partial charge in [-0.25, -0.2) is 13.1 Å². The Bertz CT molecular complexity index is 569. The van der Waals surface area contributed by atoms with E-state index >= 15 is 0 Å². The van der Waals surface area contributed by atoms with Crippen LogP contribution in [0, 0.1) is 5.92 Å². The first kappa shape index (κ1) is 19.8. The molecule has 1 fully saturated rings. The molecular formula is C16H27NO5S2. The fourth-order valence-electron chi connectivity index (χ4n) is 2.67. The van der Waals surface area contributed by atoms with Crippen LogP contribution >= 0.6 is 11.3 Å². The van der Waals surface area contributed by atoms with Crippen LogP contribution < -0.4 is 4.72 Å². The van der Waals surface area contributed by atoms with Gasteiger partial charge in [0.15, 0.2) is 6.29 Å². The molecule has 1 aliphatic rings. The molecule has 2 heterocycles. The lowest BCUT2D eigenvalue weighted by atomic mass is 9.93. The molecule has 1 aromatic rings. The maximum absolute atomic E-state index is 12.5. The Morgan fingerprint density at radius 1 is 1.42 bits per heavy atom. The predicted molar refractivity (Wildman–Crippen MR) is 93.4 cm³/mol. The third-order valence-corrected chi connectivity index (χ3v) is 7.17. The van der Waals surface area contributed by atoms with Crippen LogP contribution in [0.5, 0.6) is 0 Å². The second kappa shape index (κ2) is 9.26. The van der Waals surface area contributed by atoms with E-state index in [4.69, 9.17) is 9.47 Å². The Hall–Kier alpha value is -0.510. The largest absolute Gasteiger partial charge is 0.391 e. The number of nitrogens with one attached hydrogen (secondary N) is 1. The molecule has 3 atom stereocenters. The lowest BCUT2D eigenvalue weighted by molar-refractivity contribution is -0.184. The van der Waals surface area contributed by atoms with Gasteiger partial charge < -0.3 is 14.6 Å². The Balaban J connectivity index is 1.98. The van der Waals surface area contributed by atoms with E-state index in [2.05, 4.69) is 4.72 Å². The maximum atomic E-state index is 12.5. The molecule has 0 bridgehead atoms.